The molecule has 80 valence electrons. The molecule has 0 aliphatic heterocycles. The van der Waals surface area contributed by atoms with E-state index in [9.17, 15) is 0 Å². The van der Waals surface area contributed by atoms with Crippen LogP contribution in [0.3, 0.4) is 0 Å². The molecule has 0 aromatic heterocycles. The zero-order chi connectivity index (χ0) is 10.2. The third kappa shape index (κ3) is 5.29. The van der Waals surface area contributed by atoms with Crippen molar-refractivity contribution < 1.29 is 5.11 Å². The van der Waals surface area contributed by atoms with Gasteiger partial charge in [0, 0.05) is 12.3 Å². The Kier molecular flexibility index (Phi) is 5.71. The highest BCUT2D eigenvalue weighted by Gasteiger charge is 2.07. The van der Waals surface area contributed by atoms with E-state index in [0.29, 0.717) is 12.3 Å². The van der Waals surface area contributed by atoms with Crippen molar-refractivity contribution in [2.24, 2.45) is 5.92 Å². The average molecular weight is 194 g/mol. The minimum absolute atomic E-state index is 0.268. The lowest BCUT2D eigenvalue weighted by Gasteiger charge is -2.13. The number of hydrogen-bond acceptors (Lipinski definition) is 1. The van der Waals surface area contributed by atoms with Gasteiger partial charge in [0.15, 0.2) is 0 Å². The van der Waals surface area contributed by atoms with Crippen LogP contribution in [0.4, 0.5) is 0 Å². The summed E-state index contributed by atoms with van der Waals surface area (Å²) in [4.78, 5) is 0. The van der Waals surface area contributed by atoms with Crippen LogP contribution in [0, 0.1) is 17.8 Å². The fraction of sp³-hybridized carbons (Fsp3) is 0.846. The van der Waals surface area contributed by atoms with Gasteiger partial charge in [-0.05, 0) is 19.8 Å². The van der Waals surface area contributed by atoms with Crippen molar-refractivity contribution in [3.05, 3.63) is 0 Å². The van der Waals surface area contributed by atoms with E-state index in [4.69, 9.17) is 5.11 Å². The molecule has 14 heavy (non-hydrogen) atoms. The summed E-state index contributed by atoms with van der Waals surface area (Å²) in [5.41, 5.74) is 0. The molecule has 1 fully saturated rings. The molecule has 0 amide bonds. The number of aliphatic hydroxyl groups is 1. The fourth-order valence-electron chi connectivity index (χ4n) is 1.95. The maximum absolute atomic E-state index is 9.08. The molecule has 1 aliphatic carbocycles. The number of hydrogen-bond donors (Lipinski definition) is 1. The van der Waals surface area contributed by atoms with Crippen LogP contribution in [0.15, 0.2) is 0 Å². The quantitative estimate of drug-likeness (QED) is 0.636. The molecule has 0 heterocycles. The molecule has 0 spiro atoms. The SMILES string of the molecule is CC(O)CC#CC1CCCCCCC1. The lowest BCUT2D eigenvalue weighted by atomic mass is 9.91. The highest BCUT2D eigenvalue weighted by atomic mass is 16.3. The van der Waals surface area contributed by atoms with E-state index in [1.54, 1.807) is 6.92 Å². The van der Waals surface area contributed by atoms with Gasteiger partial charge in [-0.15, -0.1) is 5.92 Å². The molecule has 1 unspecified atom stereocenters. The van der Waals surface area contributed by atoms with Gasteiger partial charge in [0.1, 0.15) is 0 Å². The molecule has 1 aliphatic rings. The van der Waals surface area contributed by atoms with Crippen LogP contribution in [-0.4, -0.2) is 11.2 Å². The molecule has 1 saturated carbocycles. The topological polar surface area (TPSA) is 20.2 Å². The first kappa shape index (κ1) is 11.6. The van der Waals surface area contributed by atoms with Crippen LogP contribution in [0.5, 0.6) is 0 Å². The largest absolute Gasteiger partial charge is 0.392 e. The van der Waals surface area contributed by atoms with Crippen molar-refractivity contribution in [2.75, 3.05) is 0 Å². The van der Waals surface area contributed by atoms with E-state index in [1.165, 1.54) is 44.9 Å². The molecular formula is C13H22O. The van der Waals surface area contributed by atoms with Crippen molar-refractivity contribution in [2.45, 2.75) is 64.4 Å². The third-order valence-electron chi connectivity index (χ3n) is 2.81. The van der Waals surface area contributed by atoms with Gasteiger partial charge in [0.2, 0.25) is 0 Å². The van der Waals surface area contributed by atoms with E-state index < -0.39 is 0 Å². The molecule has 0 aromatic carbocycles. The van der Waals surface area contributed by atoms with Gasteiger partial charge in [-0.2, -0.15) is 0 Å². The Morgan fingerprint density at radius 3 is 2.29 bits per heavy atom. The molecule has 1 N–H and O–H groups in total. The highest BCUT2D eigenvalue weighted by Crippen LogP contribution is 2.21. The molecule has 1 atom stereocenters. The first-order valence-corrected chi connectivity index (χ1v) is 5.95. The van der Waals surface area contributed by atoms with Crippen LogP contribution in [0.25, 0.3) is 0 Å². The Morgan fingerprint density at radius 2 is 1.71 bits per heavy atom. The molecule has 1 rings (SSSR count). The molecule has 0 bridgehead atoms. The first-order valence-electron chi connectivity index (χ1n) is 5.95. The van der Waals surface area contributed by atoms with E-state index >= 15 is 0 Å². The molecule has 0 saturated heterocycles. The highest BCUT2D eigenvalue weighted by molar-refractivity contribution is 5.04. The maximum Gasteiger partial charge on any atom is 0.0621 e. The first-order chi connectivity index (χ1) is 6.79. The number of aliphatic hydroxyl groups excluding tert-OH is 1. The van der Waals surface area contributed by atoms with Crippen LogP contribution >= 0.6 is 0 Å². The molecule has 0 aromatic rings. The zero-order valence-electron chi connectivity index (χ0n) is 9.26. The second-order valence-corrected chi connectivity index (χ2v) is 4.42. The lowest BCUT2D eigenvalue weighted by Crippen LogP contribution is -2.02. The predicted octanol–water partition coefficient (Wildman–Crippen LogP) is 3.12. The van der Waals surface area contributed by atoms with E-state index in [0.717, 1.165) is 0 Å². The van der Waals surface area contributed by atoms with Crippen LogP contribution in [0.2, 0.25) is 0 Å². The second kappa shape index (κ2) is 6.90. The van der Waals surface area contributed by atoms with E-state index in [-0.39, 0.29) is 6.10 Å². The summed E-state index contributed by atoms with van der Waals surface area (Å²) in [6, 6.07) is 0. The monoisotopic (exact) mass is 194 g/mol. The third-order valence-corrected chi connectivity index (χ3v) is 2.81. The van der Waals surface area contributed by atoms with Crippen molar-refractivity contribution in [1.29, 1.82) is 0 Å². The van der Waals surface area contributed by atoms with Gasteiger partial charge >= 0.3 is 0 Å². The average Bonchev–Trinajstić information content (AvgIpc) is 2.07. The Bertz CT molecular complexity index is 189. The van der Waals surface area contributed by atoms with Crippen molar-refractivity contribution in [1.82, 2.24) is 0 Å². The van der Waals surface area contributed by atoms with Crippen LogP contribution in [0.1, 0.15) is 58.3 Å². The van der Waals surface area contributed by atoms with Gasteiger partial charge in [-0.1, -0.05) is 38.0 Å². The van der Waals surface area contributed by atoms with Gasteiger partial charge in [-0.3, -0.25) is 0 Å². The summed E-state index contributed by atoms with van der Waals surface area (Å²) in [5, 5.41) is 9.08. The summed E-state index contributed by atoms with van der Waals surface area (Å²) in [7, 11) is 0. The van der Waals surface area contributed by atoms with Gasteiger partial charge < -0.3 is 5.11 Å². The molecular weight excluding hydrogens is 172 g/mol. The minimum Gasteiger partial charge on any atom is -0.392 e. The lowest BCUT2D eigenvalue weighted by molar-refractivity contribution is 0.201. The Hall–Kier alpha value is -0.480. The molecule has 0 radical (unpaired) electrons. The van der Waals surface area contributed by atoms with Gasteiger partial charge in [0.25, 0.3) is 0 Å². The molecule has 1 nitrogen and oxygen atoms in total. The van der Waals surface area contributed by atoms with Crippen molar-refractivity contribution in [3.63, 3.8) is 0 Å². The Balaban J connectivity index is 2.28. The van der Waals surface area contributed by atoms with Crippen LogP contribution < -0.4 is 0 Å². The van der Waals surface area contributed by atoms with Crippen molar-refractivity contribution >= 4 is 0 Å². The van der Waals surface area contributed by atoms with Crippen LogP contribution in [-0.2, 0) is 0 Å². The zero-order valence-corrected chi connectivity index (χ0v) is 9.26. The normalized spacial score (nSPS) is 21.6. The smallest absolute Gasteiger partial charge is 0.0621 e. The second-order valence-electron chi connectivity index (χ2n) is 4.42. The standard InChI is InChI=1S/C13H22O/c1-12(14)8-7-11-13-9-5-3-2-4-6-10-13/h12-14H,2-6,8-10H2,1H3. The van der Waals surface area contributed by atoms with Gasteiger partial charge in [-0.25, -0.2) is 0 Å². The summed E-state index contributed by atoms with van der Waals surface area (Å²) < 4.78 is 0. The summed E-state index contributed by atoms with van der Waals surface area (Å²) in [6.07, 6.45) is 9.77. The summed E-state index contributed by atoms with van der Waals surface area (Å²) >= 11 is 0. The maximum atomic E-state index is 9.08. The molecule has 1 heteroatoms. The van der Waals surface area contributed by atoms with Gasteiger partial charge in [0.05, 0.1) is 6.10 Å². The Morgan fingerprint density at radius 1 is 1.14 bits per heavy atom. The van der Waals surface area contributed by atoms with Crippen molar-refractivity contribution in [3.8, 4) is 11.8 Å². The fourth-order valence-corrected chi connectivity index (χ4v) is 1.95. The Labute approximate surface area is 87.9 Å². The van der Waals surface area contributed by atoms with E-state index in [2.05, 4.69) is 11.8 Å². The minimum atomic E-state index is -0.268. The van der Waals surface area contributed by atoms with E-state index in [1.807, 2.05) is 0 Å². The summed E-state index contributed by atoms with van der Waals surface area (Å²) in [5.74, 6) is 7.02. The number of rotatable bonds is 1. The summed E-state index contributed by atoms with van der Waals surface area (Å²) in [6.45, 7) is 1.80. The predicted molar refractivity (Wildman–Crippen MR) is 59.9 cm³/mol.